The molecule has 0 heterocycles. The number of nitrogens with one attached hydrogen (secondary N) is 2. The van der Waals surface area contributed by atoms with Crippen LogP contribution in [0.5, 0.6) is 0 Å². The molecule has 0 unspecified atom stereocenters. The van der Waals surface area contributed by atoms with E-state index in [1.54, 1.807) is 19.1 Å². The number of amides is 2. The second kappa shape index (κ2) is 7.04. The first-order valence-electron chi connectivity index (χ1n) is 6.50. The lowest BCUT2D eigenvalue weighted by Crippen LogP contribution is -2.42. The SMILES string of the molecule is CC(=N)N(C(=O)NCc1ccccc1)c1ccc(Br)cc1. The Kier molecular flexibility index (Phi) is 5.11. The molecule has 5 heteroatoms. The van der Waals surface area contributed by atoms with Crippen molar-refractivity contribution < 1.29 is 4.79 Å². The molecule has 0 saturated carbocycles. The van der Waals surface area contributed by atoms with Crippen molar-refractivity contribution >= 4 is 33.5 Å². The Bertz CT molecular complexity index is 626. The second-order valence-electron chi connectivity index (χ2n) is 4.54. The fraction of sp³-hybridized carbons (Fsp3) is 0.125. The van der Waals surface area contributed by atoms with Crippen molar-refractivity contribution in [2.24, 2.45) is 0 Å². The van der Waals surface area contributed by atoms with Gasteiger partial charge in [0.2, 0.25) is 0 Å². The normalized spacial score (nSPS) is 10.0. The van der Waals surface area contributed by atoms with Crippen LogP contribution in [-0.4, -0.2) is 11.9 Å². The minimum Gasteiger partial charge on any atom is -0.333 e. The lowest BCUT2D eigenvalue weighted by Gasteiger charge is -2.22. The third-order valence-corrected chi connectivity index (χ3v) is 3.44. The number of nitrogens with zero attached hydrogens (tertiary/aromatic N) is 1. The summed E-state index contributed by atoms with van der Waals surface area (Å²) in [5.74, 6) is 0.169. The van der Waals surface area contributed by atoms with Gasteiger partial charge in [-0.05, 0) is 36.8 Å². The zero-order valence-electron chi connectivity index (χ0n) is 11.6. The molecule has 0 atom stereocenters. The fourth-order valence-corrected chi connectivity index (χ4v) is 2.17. The molecule has 0 bridgehead atoms. The van der Waals surface area contributed by atoms with E-state index in [0.29, 0.717) is 12.2 Å². The number of hydrogen-bond donors (Lipinski definition) is 2. The average molecular weight is 346 g/mol. The summed E-state index contributed by atoms with van der Waals surface area (Å²) in [5.41, 5.74) is 1.68. The van der Waals surface area contributed by atoms with Crippen LogP contribution in [0.4, 0.5) is 10.5 Å². The highest BCUT2D eigenvalue weighted by Crippen LogP contribution is 2.19. The van der Waals surface area contributed by atoms with Gasteiger partial charge in [0.15, 0.2) is 0 Å². The number of halogens is 1. The molecule has 21 heavy (non-hydrogen) atoms. The molecular weight excluding hydrogens is 330 g/mol. The van der Waals surface area contributed by atoms with E-state index in [2.05, 4.69) is 21.2 Å². The molecule has 2 amide bonds. The zero-order valence-corrected chi connectivity index (χ0v) is 13.2. The lowest BCUT2D eigenvalue weighted by atomic mass is 10.2. The first-order valence-corrected chi connectivity index (χ1v) is 7.30. The van der Waals surface area contributed by atoms with E-state index in [-0.39, 0.29) is 11.9 Å². The monoisotopic (exact) mass is 345 g/mol. The summed E-state index contributed by atoms with van der Waals surface area (Å²) in [6.07, 6.45) is 0. The highest BCUT2D eigenvalue weighted by atomic mass is 79.9. The Balaban J connectivity index is 2.09. The highest BCUT2D eigenvalue weighted by molar-refractivity contribution is 9.10. The van der Waals surface area contributed by atoms with Crippen molar-refractivity contribution in [1.82, 2.24) is 5.32 Å². The Morgan fingerprint density at radius 1 is 1.14 bits per heavy atom. The maximum Gasteiger partial charge on any atom is 0.327 e. The van der Waals surface area contributed by atoms with Crippen LogP contribution < -0.4 is 10.2 Å². The number of carbonyl (C=O) groups excluding carboxylic acids is 1. The average Bonchev–Trinajstić information content (AvgIpc) is 2.48. The van der Waals surface area contributed by atoms with Crippen molar-refractivity contribution in [1.29, 1.82) is 5.41 Å². The van der Waals surface area contributed by atoms with Gasteiger partial charge in [-0.3, -0.25) is 10.3 Å². The van der Waals surface area contributed by atoms with Crippen molar-refractivity contribution in [3.8, 4) is 0 Å². The van der Waals surface area contributed by atoms with Crippen molar-refractivity contribution in [2.75, 3.05) is 4.90 Å². The highest BCUT2D eigenvalue weighted by Gasteiger charge is 2.17. The Labute approximate surface area is 132 Å². The van der Waals surface area contributed by atoms with Gasteiger partial charge in [0.25, 0.3) is 0 Å². The number of carbonyl (C=O) groups is 1. The van der Waals surface area contributed by atoms with Crippen LogP contribution in [0.25, 0.3) is 0 Å². The second-order valence-corrected chi connectivity index (χ2v) is 5.46. The van der Waals surface area contributed by atoms with Gasteiger partial charge in [0.1, 0.15) is 5.84 Å². The molecule has 2 aromatic rings. The van der Waals surface area contributed by atoms with Crippen LogP contribution in [-0.2, 0) is 6.54 Å². The van der Waals surface area contributed by atoms with Crippen molar-refractivity contribution in [3.63, 3.8) is 0 Å². The fourth-order valence-electron chi connectivity index (χ4n) is 1.91. The summed E-state index contributed by atoms with van der Waals surface area (Å²) in [6.45, 7) is 2.02. The van der Waals surface area contributed by atoms with Gasteiger partial charge in [0.05, 0.1) is 5.69 Å². The Morgan fingerprint density at radius 2 is 1.76 bits per heavy atom. The van der Waals surface area contributed by atoms with Gasteiger partial charge in [-0.25, -0.2) is 4.79 Å². The van der Waals surface area contributed by atoms with E-state index in [9.17, 15) is 4.79 Å². The number of anilines is 1. The lowest BCUT2D eigenvalue weighted by molar-refractivity contribution is 0.248. The van der Waals surface area contributed by atoms with Crippen molar-refractivity contribution in [2.45, 2.75) is 13.5 Å². The molecule has 2 aromatic carbocycles. The van der Waals surface area contributed by atoms with E-state index in [0.717, 1.165) is 10.0 Å². The van der Waals surface area contributed by atoms with Crippen LogP contribution in [0.2, 0.25) is 0 Å². The predicted octanol–water partition coefficient (Wildman–Crippen LogP) is 4.16. The van der Waals surface area contributed by atoms with Gasteiger partial charge < -0.3 is 5.32 Å². The third-order valence-electron chi connectivity index (χ3n) is 2.91. The molecular formula is C16H16BrN3O. The van der Waals surface area contributed by atoms with Crippen LogP contribution in [0.3, 0.4) is 0 Å². The van der Waals surface area contributed by atoms with E-state index in [1.807, 2.05) is 42.5 Å². The van der Waals surface area contributed by atoms with Gasteiger partial charge in [0, 0.05) is 11.0 Å². The van der Waals surface area contributed by atoms with Crippen LogP contribution in [0.15, 0.2) is 59.1 Å². The largest absolute Gasteiger partial charge is 0.333 e. The van der Waals surface area contributed by atoms with Crippen molar-refractivity contribution in [3.05, 3.63) is 64.6 Å². The maximum atomic E-state index is 12.3. The summed E-state index contributed by atoms with van der Waals surface area (Å²) < 4.78 is 0.929. The zero-order chi connectivity index (χ0) is 15.2. The summed E-state index contributed by atoms with van der Waals surface area (Å²) in [6, 6.07) is 16.6. The molecule has 0 aromatic heterocycles. The third kappa shape index (κ3) is 4.16. The van der Waals surface area contributed by atoms with E-state index < -0.39 is 0 Å². The number of benzene rings is 2. The first-order chi connectivity index (χ1) is 10.1. The molecule has 0 aliphatic rings. The molecule has 0 aliphatic carbocycles. The summed E-state index contributed by atoms with van der Waals surface area (Å²) >= 11 is 3.36. The quantitative estimate of drug-likeness (QED) is 0.636. The van der Waals surface area contributed by atoms with Crippen LogP contribution in [0, 0.1) is 5.41 Å². The number of hydrogen-bond acceptors (Lipinski definition) is 2. The number of rotatable bonds is 3. The van der Waals surface area contributed by atoms with Crippen LogP contribution >= 0.6 is 15.9 Å². The summed E-state index contributed by atoms with van der Waals surface area (Å²) in [7, 11) is 0. The molecule has 0 fully saturated rings. The van der Waals surface area contributed by atoms with Gasteiger partial charge in [-0.2, -0.15) is 0 Å². The number of amidine groups is 1. The summed E-state index contributed by atoms with van der Waals surface area (Å²) in [4.78, 5) is 13.6. The van der Waals surface area contributed by atoms with Crippen LogP contribution in [0.1, 0.15) is 12.5 Å². The molecule has 108 valence electrons. The molecule has 2 rings (SSSR count). The molecule has 0 radical (unpaired) electrons. The van der Waals surface area contributed by atoms with E-state index in [1.165, 1.54) is 4.90 Å². The van der Waals surface area contributed by atoms with Gasteiger partial charge in [-0.15, -0.1) is 0 Å². The van der Waals surface area contributed by atoms with E-state index in [4.69, 9.17) is 5.41 Å². The molecule has 0 saturated heterocycles. The predicted molar refractivity (Wildman–Crippen MR) is 88.7 cm³/mol. The van der Waals surface area contributed by atoms with Gasteiger partial charge in [-0.1, -0.05) is 46.3 Å². The number of urea groups is 1. The Morgan fingerprint density at radius 3 is 2.33 bits per heavy atom. The topological polar surface area (TPSA) is 56.2 Å². The standard InChI is InChI=1S/C16H16BrN3O/c1-12(18)20(15-9-7-14(17)8-10-15)16(21)19-11-13-5-3-2-4-6-13/h2-10,18H,11H2,1H3,(H,19,21). The summed E-state index contributed by atoms with van der Waals surface area (Å²) in [5, 5.41) is 10.6. The molecule has 0 aliphatic heterocycles. The van der Waals surface area contributed by atoms with Gasteiger partial charge >= 0.3 is 6.03 Å². The molecule has 4 nitrogen and oxygen atoms in total. The van der Waals surface area contributed by atoms with E-state index >= 15 is 0 Å². The first kappa shape index (κ1) is 15.3. The molecule has 2 N–H and O–H groups in total. The smallest absolute Gasteiger partial charge is 0.327 e. The molecule has 0 spiro atoms. The minimum atomic E-state index is -0.311. The Hall–Kier alpha value is -2.14. The minimum absolute atomic E-state index is 0.169. The maximum absolute atomic E-state index is 12.3.